The molecule has 0 fully saturated rings. The van der Waals surface area contributed by atoms with Gasteiger partial charge < -0.3 is 20.7 Å². The minimum absolute atomic E-state index is 0.00292. The third-order valence-corrected chi connectivity index (χ3v) is 4.15. The number of anilines is 3. The predicted octanol–water partition coefficient (Wildman–Crippen LogP) is 4.65. The van der Waals surface area contributed by atoms with Crippen molar-refractivity contribution in [3.8, 4) is 5.75 Å². The summed E-state index contributed by atoms with van der Waals surface area (Å²) in [6, 6.07) is 14.6. The smallest absolute Gasteiger partial charge is 0.243 e. The number of carbonyl (C=O) groups is 2. The molecule has 150 valence electrons. The van der Waals surface area contributed by atoms with Crippen LogP contribution in [0.2, 0.25) is 0 Å². The molecule has 0 heterocycles. The normalized spacial score (nSPS) is 11.4. The largest absolute Gasteiger partial charge is 0.491 e. The second-order valence-electron chi connectivity index (χ2n) is 6.64. The third kappa shape index (κ3) is 7.31. The SMILES string of the molecule is CCCC(=O)Nc1ccc(NCC(=O)Nc2ccc(OC(C)CC)cc2)cc1. The van der Waals surface area contributed by atoms with Crippen LogP contribution in [-0.2, 0) is 9.59 Å². The molecule has 0 aliphatic heterocycles. The first-order chi connectivity index (χ1) is 13.5. The van der Waals surface area contributed by atoms with Crippen molar-refractivity contribution in [1.29, 1.82) is 0 Å². The van der Waals surface area contributed by atoms with Crippen LogP contribution < -0.4 is 20.7 Å². The fourth-order valence-electron chi connectivity index (χ4n) is 2.44. The summed E-state index contributed by atoms with van der Waals surface area (Å²) in [4.78, 5) is 23.7. The molecule has 6 heteroatoms. The van der Waals surface area contributed by atoms with Crippen LogP contribution in [0, 0.1) is 0 Å². The molecule has 2 amide bonds. The van der Waals surface area contributed by atoms with Gasteiger partial charge in [-0.2, -0.15) is 0 Å². The van der Waals surface area contributed by atoms with E-state index in [0.29, 0.717) is 6.42 Å². The van der Waals surface area contributed by atoms with Gasteiger partial charge >= 0.3 is 0 Å². The van der Waals surface area contributed by atoms with Crippen molar-refractivity contribution >= 4 is 28.9 Å². The standard InChI is InChI=1S/C22H29N3O3/c1-4-6-21(26)24-18-9-7-17(8-10-18)23-15-22(27)25-19-11-13-20(14-12-19)28-16(3)5-2/h7-14,16,23H,4-6,15H2,1-3H3,(H,24,26)(H,25,27). The molecule has 0 radical (unpaired) electrons. The molecule has 6 nitrogen and oxygen atoms in total. The second-order valence-corrected chi connectivity index (χ2v) is 6.64. The lowest BCUT2D eigenvalue weighted by atomic mass is 10.2. The van der Waals surface area contributed by atoms with Crippen molar-refractivity contribution in [2.45, 2.75) is 46.1 Å². The van der Waals surface area contributed by atoms with Crippen LogP contribution in [0.5, 0.6) is 5.75 Å². The minimum atomic E-state index is -0.143. The van der Waals surface area contributed by atoms with Gasteiger partial charge in [0.15, 0.2) is 0 Å². The molecule has 0 bridgehead atoms. The summed E-state index contributed by atoms with van der Waals surface area (Å²) >= 11 is 0. The van der Waals surface area contributed by atoms with Crippen LogP contribution in [0.15, 0.2) is 48.5 Å². The van der Waals surface area contributed by atoms with E-state index in [9.17, 15) is 9.59 Å². The fourth-order valence-corrected chi connectivity index (χ4v) is 2.44. The van der Waals surface area contributed by atoms with Crippen molar-refractivity contribution in [3.05, 3.63) is 48.5 Å². The lowest BCUT2D eigenvalue weighted by molar-refractivity contribution is -0.116. The van der Waals surface area contributed by atoms with Crippen LogP contribution in [0.3, 0.4) is 0 Å². The monoisotopic (exact) mass is 383 g/mol. The van der Waals surface area contributed by atoms with Gasteiger partial charge in [-0.3, -0.25) is 9.59 Å². The van der Waals surface area contributed by atoms with E-state index in [4.69, 9.17) is 4.74 Å². The number of hydrogen-bond acceptors (Lipinski definition) is 4. The summed E-state index contributed by atoms with van der Waals surface area (Å²) in [5.74, 6) is 0.649. The van der Waals surface area contributed by atoms with Gasteiger partial charge in [-0.25, -0.2) is 0 Å². The quantitative estimate of drug-likeness (QED) is 0.558. The summed E-state index contributed by atoms with van der Waals surface area (Å²) in [5.41, 5.74) is 2.27. The Morgan fingerprint density at radius 1 is 0.857 bits per heavy atom. The number of nitrogens with one attached hydrogen (secondary N) is 3. The molecular formula is C22H29N3O3. The van der Waals surface area contributed by atoms with Crippen molar-refractivity contribution in [2.24, 2.45) is 0 Å². The number of carbonyl (C=O) groups excluding carboxylic acids is 2. The first-order valence-corrected chi connectivity index (χ1v) is 9.70. The minimum Gasteiger partial charge on any atom is -0.491 e. The first-order valence-electron chi connectivity index (χ1n) is 9.70. The van der Waals surface area contributed by atoms with Crippen LogP contribution in [0.25, 0.3) is 0 Å². The van der Waals surface area contributed by atoms with Crippen molar-refractivity contribution in [1.82, 2.24) is 0 Å². The van der Waals surface area contributed by atoms with E-state index in [1.54, 1.807) is 0 Å². The fraction of sp³-hybridized carbons (Fsp3) is 0.364. The molecule has 0 saturated heterocycles. The second kappa shape index (κ2) is 11.0. The van der Waals surface area contributed by atoms with Crippen LogP contribution in [-0.4, -0.2) is 24.5 Å². The Morgan fingerprint density at radius 3 is 1.96 bits per heavy atom. The summed E-state index contributed by atoms with van der Waals surface area (Å²) < 4.78 is 5.72. The zero-order valence-electron chi connectivity index (χ0n) is 16.7. The van der Waals surface area contributed by atoms with Gasteiger partial charge in [0.05, 0.1) is 12.6 Å². The predicted molar refractivity (Wildman–Crippen MR) is 114 cm³/mol. The molecule has 0 saturated carbocycles. The molecule has 0 aliphatic carbocycles. The van der Waals surface area contributed by atoms with Gasteiger partial charge in [0.1, 0.15) is 5.75 Å². The lowest BCUT2D eigenvalue weighted by Gasteiger charge is -2.13. The lowest BCUT2D eigenvalue weighted by Crippen LogP contribution is -2.21. The van der Waals surface area contributed by atoms with Gasteiger partial charge in [-0.1, -0.05) is 13.8 Å². The Morgan fingerprint density at radius 2 is 1.39 bits per heavy atom. The molecule has 0 spiro atoms. The van der Waals surface area contributed by atoms with Crippen LogP contribution in [0.1, 0.15) is 40.0 Å². The summed E-state index contributed by atoms with van der Waals surface area (Å²) in [5, 5.41) is 8.74. The zero-order chi connectivity index (χ0) is 20.4. The van der Waals surface area contributed by atoms with Crippen LogP contribution in [0.4, 0.5) is 17.1 Å². The molecular weight excluding hydrogens is 354 g/mol. The van der Waals surface area contributed by atoms with E-state index < -0.39 is 0 Å². The van der Waals surface area contributed by atoms with E-state index in [1.807, 2.05) is 62.4 Å². The summed E-state index contributed by atoms with van der Waals surface area (Å²) in [6.45, 7) is 6.20. The summed E-state index contributed by atoms with van der Waals surface area (Å²) in [6.07, 6.45) is 2.42. The molecule has 3 N–H and O–H groups in total. The van der Waals surface area contributed by atoms with E-state index in [1.165, 1.54) is 0 Å². The highest BCUT2D eigenvalue weighted by molar-refractivity contribution is 5.94. The average molecular weight is 383 g/mol. The molecule has 1 unspecified atom stereocenters. The molecule has 1 atom stereocenters. The van der Waals surface area contributed by atoms with E-state index >= 15 is 0 Å². The highest BCUT2D eigenvalue weighted by Gasteiger charge is 2.05. The Bertz CT molecular complexity index is 758. The topological polar surface area (TPSA) is 79.5 Å². The van der Waals surface area contributed by atoms with Crippen molar-refractivity contribution in [2.75, 3.05) is 22.5 Å². The highest BCUT2D eigenvalue weighted by atomic mass is 16.5. The highest BCUT2D eigenvalue weighted by Crippen LogP contribution is 2.18. The molecule has 2 aromatic rings. The first kappa shape index (κ1) is 21.3. The zero-order valence-corrected chi connectivity index (χ0v) is 16.7. The molecule has 28 heavy (non-hydrogen) atoms. The molecule has 0 aliphatic rings. The van der Waals surface area contributed by atoms with Crippen LogP contribution >= 0.6 is 0 Å². The maximum Gasteiger partial charge on any atom is 0.243 e. The Balaban J connectivity index is 1.78. The third-order valence-electron chi connectivity index (χ3n) is 4.15. The number of ether oxygens (including phenoxy) is 1. The Kier molecular flexibility index (Phi) is 8.34. The van der Waals surface area contributed by atoms with Gasteiger partial charge in [-0.15, -0.1) is 0 Å². The number of benzene rings is 2. The summed E-state index contributed by atoms with van der Waals surface area (Å²) in [7, 11) is 0. The Hall–Kier alpha value is -3.02. The Labute approximate surface area is 166 Å². The van der Waals surface area contributed by atoms with Gasteiger partial charge in [0, 0.05) is 23.5 Å². The molecule has 0 aromatic heterocycles. The number of hydrogen-bond donors (Lipinski definition) is 3. The maximum absolute atomic E-state index is 12.1. The van der Waals surface area contributed by atoms with E-state index in [0.717, 1.165) is 35.7 Å². The van der Waals surface area contributed by atoms with E-state index in [-0.39, 0.29) is 24.5 Å². The van der Waals surface area contributed by atoms with E-state index in [2.05, 4.69) is 22.9 Å². The molecule has 2 aromatic carbocycles. The number of rotatable bonds is 10. The average Bonchev–Trinajstić information content (AvgIpc) is 2.69. The van der Waals surface area contributed by atoms with Crippen molar-refractivity contribution in [3.63, 3.8) is 0 Å². The van der Waals surface area contributed by atoms with Gasteiger partial charge in [-0.05, 0) is 68.3 Å². The van der Waals surface area contributed by atoms with Gasteiger partial charge in [0.25, 0.3) is 0 Å². The molecule has 2 rings (SSSR count). The van der Waals surface area contributed by atoms with Gasteiger partial charge in [0.2, 0.25) is 11.8 Å². The maximum atomic E-state index is 12.1. The number of amides is 2. The van der Waals surface area contributed by atoms with Crippen molar-refractivity contribution < 1.29 is 14.3 Å².